The lowest BCUT2D eigenvalue weighted by molar-refractivity contribution is -0.135. The molecule has 0 bridgehead atoms. The molecule has 0 atom stereocenters. The van der Waals surface area contributed by atoms with Crippen molar-refractivity contribution in [1.29, 1.82) is 0 Å². The zero-order valence-electron chi connectivity index (χ0n) is 13.7. The Morgan fingerprint density at radius 2 is 1.92 bits per heavy atom. The van der Waals surface area contributed by atoms with Gasteiger partial charge in [-0.15, -0.1) is 23.7 Å². The molecule has 0 N–H and O–H groups in total. The van der Waals surface area contributed by atoms with Crippen LogP contribution in [-0.4, -0.2) is 53.5 Å². The van der Waals surface area contributed by atoms with Crippen LogP contribution in [0.3, 0.4) is 0 Å². The lowest BCUT2D eigenvalue weighted by atomic mass is 10.3. The van der Waals surface area contributed by atoms with Gasteiger partial charge in [-0.2, -0.15) is 0 Å². The molecule has 24 heavy (non-hydrogen) atoms. The first-order valence-electron chi connectivity index (χ1n) is 7.80. The van der Waals surface area contributed by atoms with Gasteiger partial charge in [0.05, 0.1) is 6.54 Å². The molecule has 130 valence electrons. The Kier molecular flexibility index (Phi) is 7.02. The van der Waals surface area contributed by atoms with Crippen LogP contribution < -0.4 is 4.74 Å². The summed E-state index contributed by atoms with van der Waals surface area (Å²) < 4.78 is 5.53. The zero-order valence-corrected chi connectivity index (χ0v) is 15.3. The Morgan fingerprint density at radius 3 is 2.54 bits per heavy atom. The van der Waals surface area contributed by atoms with Crippen LogP contribution in [0.4, 0.5) is 0 Å². The number of thiazole rings is 1. The average molecular weight is 368 g/mol. The molecule has 3 rings (SSSR count). The standard InChI is InChI=1S/C17H21N3O2S.ClH/c1-14-13-23-16(18-14)11-19-7-9-20(10-8-19)17(21)12-22-15-5-3-2-4-6-15;/h2-6,13H,7-12H2,1H3;1H. The van der Waals surface area contributed by atoms with Gasteiger partial charge in [-0.05, 0) is 19.1 Å². The van der Waals surface area contributed by atoms with Crippen molar-refractivity contribution in [2.45, 2.75) is 13.5 Å². The fourth-order valence-corrected chi connectivity index (χ4v) is 3.39. The Morgan fingerprint density at radius 1 is 1.21 bits per heavy atom. The summed E-state index contributed by atoms with van der Waals surface area (Å²) in [6, 6.07) is 9.46. The highest BCUT2D eigenvalue weighted by Crippen LogP contribution is 2.14. The predicted octanol–water partition coefficient (Wildman–Crippen LogP) is 2.60. The molecule has 1 aliphatic rings. The summed E-state index contributed by atoms with van der Waals surface area (Å²) in [4.78, 5) is 20.9. The van der Waals surface area contributed by atoms with Crippen molar-refractivity contribution >= 4 is 29.7 Å². The van der Waals surface area contributed by atoms with Crippen LogP contribution in [0.5, 0.6) is 5.75 Å². The second kappa shape index (κ2) is 9.01. The number of carbonyl (C=O) groups excluding carboxylic acids is 1. The maximum absolute atomic E-state index is 12.2. The van der Waals surface area contributed by atoms with Crippen LogP contribution in [0.15, 0.2) is 35.7 Å². The molecular weight excluding hydrogens is 346 g/mol. The molecule has 0 aliphatic carbocycles. The van der Waals surface area contributed by atoms with E-state index in [1.807, 2.05) is 42.2 Å². The highest BCUT2D eigenvalue weighted by atomic mass is 35.5. The molecule has 0 unspecified atom stereocenters. The zero-order chi connectivity index (χ0) is 16.1. The number of aromatic nitrogens is 1. The normalized spacial score (nSPS) is 15.0. The van der Waals surface area contributed by atoms with Crippen molar-refractivity contribution in [3.8, 4) is 5.75 Å². The molecule has 5 nitrogen and oxygen atoms in total. The molecule has 2 heterocycles. The molecule has 2 aromatic rings. The third-order valence-electron chi connectivity index (χ3n) is 3.86. The van der Waals surface area contributed by atoms with Crippen LogP contribution in [0, 0.1) is 6.92 Å². The van der Waals surface area contributed by atoms with Gasteiger partial charge in [0.15, 0.2) is 6.61 Å². The number of carbonyl (C=O) groups is 1. The number of ether oxygens (including phenoxy) is 1. The van der Waals surface area contributed by atoms with E-state index in [1.165, 1.54) is 0 Å². The molecule has 0 radical (unpaired) electrons. The summed E-state index contributed by atoms with van der Waals surface area (Å²) in [5, 5.41) is 3.23. The van der Waals surface area contributed by atoms with Gasteiger partial charge in [0.2, 0.25) is 0 Å². The lowest BCUT2D eigenvalue weighted by Crippen LogP contribution is -2.49. The Labute approximate surface area is 152 Å². The predicted molar refractivity (Wildman–Crippen MR) is 97.9 cm³/mol. The number of piperazine rings is 1. The van der Waals surface area contributed by atoms with Crippen LogP contribution in [-0.2, 0) is 11.3 Å². The number of aryl methyl sites for hydroxylation is 1. The van der Waals surface area contributed by atoms with Gasteiger partial charge in [-0.25, -0.2) is 4.98 Å². The maximum Gasteiger partial charge on any atom is 0.260 e. The fourth-order valence-electron chi connectivity index (χ4n) is 2.58. The maximum atomic E-state index is 12.2. The van der Waals surface area contributed by atoms with Gasteiger partial charge in [-0.1, -0.05) is 18.2 Å². The van der Waals surface area contributed by atoms with Gasteiger partial charge >= 0.3 is 0 Å². The number of hydrogen-bond donors (Lipinski definition) is 0. The van der Waals surface area contributed by atoms with E-state index in [0.29, 0.717) is 0 Å². The van der Waals surface area contributed by atoms with E-state index in [2.05, 4.69) is 15.3 Å². The van der Waals surface area contributed by atoms with Gasteiger partial charge in [0.1, 0.15) is 10.8 Å². The van der Waals surface area contributed by atoms with E-state index < -0.39 is 0 Å². The summed E-state index contributed by atoms with van der Waals surface area (Å²) in [5.41, 5.74) is 1.08. The van der Waals surface area contributed by atoms with Gasteiger partial charge < -0.3 is 9.64 Å². The Bertz CT molecular complexity index is 642. The van der Waals surface area contributed by atoms with E-state index in [1.54, 1.807) is 11.3 Å². The summed E-state index contributed by atoms with van der Waals surface area (Å²) in [5.74, 6) is 0.789. The summed E-state index contributed by atoms with van der Waals surface area (Å²) in [7, 11) is 0. The van der Waals surface area contributed by atoms with Crippen molar-refractivity contribution < 1.29 is 9.53 Å². The molecule has 1 amide bonds. The first-order chi connectivity index (χ1) is 11.2. The third-order valence-corrected chi connectivity index (χ3v) is 4.81. The largest absolute Gasteiger partial charge is 0.484 e. The molecule has 1 aromatic carbocycles. The summed E-state index contributed by atoms with van der Waals surface area (Å²) >= 11 is 1.70. The third kappa shape index (κ3) is 5.19. The second-order valence-corrected chi connectivity index (χ2v) is 6.58. The van der Waals surface area contributed by atoms with Crippen molar-refractivity contribution in [2.75, 3.05) is 32.8 Å². The topological polar surface area (TPSA) is 45.7 Å². The first-order valence-corrected chi connectivity index (χ1v) is 8.67. The summed E-state index contributed by atoms with van der Waals surface area (Å²) in [6.07, 6.45) is 0. The number of nitrogens with zero attached hydrogens (tertiary/aromatic N) is 3. The Hall–Kier alpha value is -1.63. The van der Waals surface area contributed by atoms with E-state index >= 15 is 0 Å². The average Bonchev–Trinajstić information content (AvgIpc) is 2.99. The number of rotatable bonds is 5. The number of amides is 1. The molecule has 0 saturated carbocycles. The van der Waals surface area contributed by atoms with Gasteiger partial charge in [0, 0.05) is 37.3 Å². The minimum Gasteiger partial charge on any atom is -0.484 e. The van der Waals surface area contributed by atoms with Gasteiger partial charge in [0.25, 0.3) is 5.91 Å². The molecular formula is C17H22ClN3O2S. The van der Waals surface area contributed by atoms with E-state index in [-0.39, 0.29) is 24.9 Å². The van der Waals surface area contributed by atoms with Crippen molar-refractivity contribution in [3.05, 3.63) is 46.4 Å². The highest BCUT2D eigenvalue weighted by molar-refractivity contribution is 7.09. The minimum absolute atomic E-state index is 0. The quantitative estimate of drug-likeness (QED) is 0.814. The van der Waals surface area contributed by atoms with Crippen LogP contribution in [0.25, 0.3) is 0 Å². The number of benzene rings is 1. The molecule has 7 heteroatoms. The van der Waals surface area contributed by atoms with Gasteiger partial charge in [-0.3, -0.25) is 9.69 Å². The van der Waals surface area contributed by atoms with Crippen molar-refractivity contribution in [2.24, 2.45) is 0 Å². The van der Waals surface area contributed by atoms with Crippen LogP contribution >= 0.6 is 23.7 Å². The number of halogens is 1. The number of hydrogen-bond acceptors (Lipinski definition) is 5. The summed E-state index contributed by atoms with van der Waals surface area (Å²) in [6.45, 7) is 6.27. The SMILES string of the molecule is Cc1csc(CN2CCN(C(=O)COc3ccccc3)CC2)n1.Cl. The molecule has 1 aromatic heterocycles. The smallest absolute Gasteiger partial charge is 0.260 e. The number of para-hydroxylation sites is 1. The van der Waals surface area contributed by atoms with Crippen molar-refractivity contribution in [3.63, 3.8) is 0 Å². The minimum atomic E-state index is 0. The van der Waals surface area contributed by atoms with Crippen LogP contribution in [0.2, 0.25) is 0 Å². The van der Waals surface area contributed by atoms with E-state index in [4.69, 9.17) is 4.74 Å². The van der Waals surface area contributed by atoms with Crippen molar-refractivity contribution in [1.82, 2.24) is 14.8 Å². The monoisotopic (exact) mass is 367 g/mol. The molecule has 0 spiro atoms. The first kappa shape index (κ1) is 18.7. The van der Waals surface area contributed by atoms with E-state index in [0.717, 1.165) is 49.2 Å². The lowest BCUT2D eigenvalue weighted by Gasteiger charge is -2.34. The van der Waals surface area contributed by atoms with Crippen LogP contribution in [0.1, 0.15) is 10.7 Å². The second-order valence-electron chi connectivity index (χ2n) is 5.64. The molecule has 1 saturated heterocycles. The Balaban J connectivity index is 0.00000208. The van der Waals surface area contributed by atoms with E-state index in [9.17, 15) is 4.79 Å². The molecule has 1 aliphatic heterocycles. The molecule has 1 fully saturated rings. The fraction of sp³-hybridized carbons (Fsp3) is 0.412. The highest BCUT2D eigenvalue weighted by Gasteiger charge is 2.21.